The number of nitrogens with two attached hydrogens (primary N) is 2. The Bertz CT molecular complexity index is 426. The summed E-state index contributed by atoms with van der Waals surface area (Å²) in [5.74, 6) is 0.327. The summed E-state index contributed by atoms with van der Waals surface area (Å²) in [6.07, 6.45) is 2.04. The van der Waals surface area contributed by atoms with Crippen molar-refractivity contribution < 1.29 is 14.3 Å². The molecule has 6 nitrogen and oxygen atoms in total. The number of ether oxygens (including phenoxy) is 2. The van der Waals surface area contributed by atoms with Crippen molar-refractivity contribution >= 4 is 11.6 Å². The monoisotopic (exact) mass is 295 g/mol. The Morgan fingerprint density at radius 1 is 1.38 bits per heavy atom. The molecule has 0 aliphatic heterocycles. The molecule has 0 spiro atoms. The molecule has 21 heavy (non-hydrogen) atoms. The first-order valence-electron chi connectivity index (χ1n) is 7.13. The molecule has 1 aromatic rings. The third-order valence-electron chi connectivity index (χ3n) is 2.98. The number of carbonyl (C=O) groups excluding carboxylic acids is 1. The second-order valence-electron chi connectivity index (χ2n) is 4.79. The van der Waals surface area contributed by atoms with Gasteiger partial charge in [0, 0.05) is 13.2 Å². The van der Waals surface area contributed by atoms with Crippen LogP contribution in [0.3, 0.4) is 0 Å². The summed E-state index contributed by atoms with van der Waals surface area (Å²) in [6.45, 7) is 1.51. The molecule has 0 aromatic heterocycles. The number of nitrogens with one attached hydrogen (secondary N) is 1. The van der Waals surface area contributed by atoms with Gasteiger partial charge in [0.2, 0.25) is 5.91 Å². The third-order valence-corrected chi connectivity index (χ3v) is 2.98. The van der Waals surface area contributed by atoms with E-state index < -0.39 is 0 Å². The molecular weight excluding hydrogens is 270 g/mol. The van der Waals surface area contributed by atoms with Crippen LogP contribution in [0, 0.1) is 0 Å². The summed E-state index contributed by atoms with van der Waals surface area (Å²) in [4.78, 5) is 10.8. The molecule has 0 bridgehead atoms. The molecule has 1 unspecified atom stereocenters. The van der Waals surface area contributed by atoms with E-state index >= 15 is 0 Å². The van der Waals surface area contributed by atoms with Crippen LogP contribution in [-0.4, -0.2) is 38.8 Å². The molecule has 1 atom stereocenters. The second kappa shape index (κ2) is 10.0. The lowest BCUT2D eigenvalue weighted by molar-refractivity contribution is -0.118. The maximum absolute atomic E-state index is 10.8. The quantitative estimate of drug-likeness (QED) is 0.568. The lowest BCUT2D eigenvalue weighted by Crippen LogP contribution is -2.26. The van der Waals surface area contributed by atoms with Crippen molar-refractivity contribution in [3.8, 4) is 5.75 Å². The van der Waals surface area contributed by atoms with E-state index in [4.69, 9.17) is 20.9 Å². The summed E-state index contributed by atoms with van der Waals surface area (Å²) >= 11 is 0. The van der Waals surface area contributed by atoms with E-state index in [1.165, 1.54) is 0 Å². The minimum atomic E-state index is -0.374. The highest BCUT2D eigenvalue weighted by atomic mass is 16.5. The molecule has 1 amide bonds. The number of carbonyl (C=O) groups is 1. The predicted octanol–water partition coefficient (Wildman–Crippen LogP) is 1.11. The maximum Gasteiger partial charge on any atom is 0.220 e. The SMILES string of the molecule is COCC(CCCN)Nc1ccccc1OCCC(N)=O. The number of amides is 1. The van der Waals surface area contributed by atoms with Crippen LogP contribution >= 0.6 is 0 Å². The minimum Gasteiger partial charge on any atom is -0.491 e. The van der Waals surface area contributed by atoms with Crippen LogP contribution in [0.2, 0.25) is 0 Å². The average molecular weight is 295 g/mol. The van der Waals surface area contributed by atoms with Gasteiger partial charge in [-0.05, 0) is 31.5 Å². The van der Waals surface area contributed by atoms with Crippen LogP contribution in [0.1, 0.15) is 19.3 Å². The number of benzene rings is 1. The lowest BCUT2D eigenvalue weighted by Gasteiger charge is -2.21. The Morgan fingerprint density at radius 2 is 2.14 bits per heavy atom. The van der Waals surface area contributed by atoms with E-state index in [0.29, 0.717) is 18.9 Å². The molecule has 1 rings (SSSR count). The fourth-order valence-electron chi connectivity index (χ4n) is 1.96. The molecule has 0 saturated heterocycles. The van der Waals surface area contributed by atoms with Gasteiger partial charge in [-0.3, -0.25) is 4.79 Å². The van der Waals surface area contributed by atoms with Gasteiger partial charge in [0.1, 0.15) is 5.75 Å². The Balaban J connectivity index is 2.64. The summed E-state index contributed by atoms with van der Waals surface area (Å²) in [7, 11) is 1.67. The van der Waals surface area contributed by atoms with Gasteiger partial charge in [0.25, 0.3) is 0 Å². The molecule has 118 valence electrons. The van der Waals surface area contributed by atoms with Gasteiger partial charge in [0.15, 0.2) is 0 Å². The predicted molar refractivity (Wildman–Crippen MR) is 83.3 cm³/mol. The number of hydrogen-bond acceptors (Lipinski definition) is 5. The van der Waals surface area contributed by atoms with Crippen LogP contribution < -0.4 is 21.5 Å². The van der Waals surface area contributed by atoms with E-state index in [2.05, 4.69) is 5.32 Å². The Kier molecular flexibility index (Phi) is 8.23. The summed E-state index contributed by atoms with van der Waals surface area (Å²) < 4.78 is 10.8. The van der Waals surface area contributed by atoms with Crippen LogP contribution in [-0.2, 0) is 9.53 Å². The van der Waals surface area contributed by atoms with E-state index in [0.717, 1.165) is 18.5 Å². The van der Waals surface area contributed by atoms with Gasteiger partial charge in [-0.1, -0.05) is 12.1 Å². The number of methoxy groups -OCH3 is 1. The molecular formula is C15H25N3O3. The van der Waals surface area contributed by atoms with Crippen molar-refractivity contribution in [2.24, 2.45) is 11.5 Å². The molecule has 0 aliphatic rings. The normalized spacial score (nSPS) is 11.9. The smallest absolute Gasteiger partial charge is 0.220 e. The van der Waals surface area contributed by atoms with Gasteiger partial charge in [0.05, 0.1) is 25.3 Å². The third kappa shape index (κ3) is 6.97. The number of anilines is 1. The molecule has 1 aromatic carbocycles. The van der Waals surface area contributed by atoms with Gasteiger partial charge in [-0.25, -0.2) is 0 Å². The van der Waals surface area contributed by atoms with Crippen LogP contribution in [0.15, 0.2) is 24.3 Å². The lowest BCUT2D eigenvalue weighted by atomic mass is 10.1. The maximum atomic E-state index is 10.8. The number of hydrogen-bond donors (Lipinski definition) is 3. The first-order valence-corrected chi connectivity index (χ1v) is 7.13. The molecule has 6 heteroatoms. The summed E-state index contributed by atoms with van der Waals surface area (Å²) in [5.41, 5.74) is 11.5. The summed E-state index contributed by atoms with van der Waals surface area (Å²) in [6, 6.07) is 7.77. The average Bonchev–Trinajstić information content (AvgIpc) is 2.46. The highest BCUT2D eigenvalue weighted by Crippen LogP contribution is 2.25. The standard InChI is InChI=1S/C15H25N3O3/c1-20-11-12(5-4-9-16)18-13-6-2-3-7-14(13)21-10-8-15(17)19/h2-3,6-7,12,18H,4-5,8-11,16H2,1H3,(H2,17,19). The molecule has 0 aliphatic carbocycles. The molecule has 0 heterocycles. The highest BCUT2D eigenvalue weighted by Gasteiger charge is 2.11. The van der Waals surface area contributed by atoms with Crippen LogP contribution in [0.5, 0.6) is 5.75 Å². The summed E-state index contributed by atoms with van der Waals surface area (Å²) in [5, 5.41) is 3.40. The Labute approximate surface area is 125 Å². The van der Waals surface area contributed by atoms with Gasteiger partial charge in [-0.2, -0.15) is 0 Å². The molecule has 0 fully saturated rings. The second-order valence-corrected chi connectivity index (χ2v) is 4.79. The largest absolute Gasteiger partial charge is 0.491 e. The van der Waals surface area contributed by atoms with Crippen molar-refractivity contribution in [3.05, 3.63) is 24.3 Å². The first-order chi connectivity index (χ1) is 10.2. The van der Waals surface area contributed by atoms with E-state index in [9.17, 15) is 4.79 Å². The zero-order valence-electron chi connectivity index (χ0n) is 12.5. The van der Waals surface area contributed by atoms with E-state index in [1.54, 1.807) is 7.11 Å². The van der Waals surface area contributed by atoms with Crippen molar-refractivity contribution in [2.45, 2.75) is 25.3 Å². The topological polar surface area (TPSA) is 99.6 Å². The minimum absolute atomic E-state index is 0.166. The highest BCUT2D eigenvalue weighted by molar-refractivity contribution is 5.73. The van der Waals surface area contributed by atoms with Gasteiger partial charge >= 0.3 is 0 Å². The zero-order chi connectivity index (χ0) is 15.5. The van der Waals surface area contributed by atoms with Crippen molar-refractivity contribution in [1.82, 2.24) is 0 Å². The van der Waals surface area contributed by atoms with Crippen molar-refractivity contribution in [2.75, 3.05) is 32.2 Å². The Morgan fingerprint density at radius 3 is 2.81 bits per heavy atom. The first kappa shape index (κ1) is 17.3. The molecule has 5 N–H and O–H groups in total. The molecule has 0 saturated carbocycles. The Hall–Kier alpha value is -1.79. The molecule has 0 radical (unpaired) electrons. The van der Waals surface area contributed by atoms with Gasteiger partial charge in [-0.15, -0.1) is 0 Å². The van der Waals surface area contributed by atoms with Crippen LogP contribution in [0.25, 0.3) is 0 Å². The number of primary amides is 1. The van der Waals surface area contributed by atoms with Gasteiger partial charge < -0.3 is 26.3 Å². The fraction of sp³-hybridized carbons (Fsp3) is 0.533. The zero-order valence-corrected chi connectivity index (χ0v) is 12.5. The van der Waals surface area contributed by atoms with Crippen molar-refractivity contribution in [1.29, 1.82) is 0 Å². The fourth-order valence-corrected chi connectivity index (χ4v) is 1.96. The van der Waals surface area contributed by atoms with E-state index in [-0.39, 0.29) is 25.0 Å². The van der Waals surface area contributed by atoms with Crippen molar-refractivity contribution in [3.63, 3.8) is 0 Å². The van der Waals surface area contributed by atoms with E-state index in [1.807, 2.05) is 24.3 Å². The number of para-hydroxylation sites is 2. The van der Waals surface area contributed by atoms with Crippen LogP contribution in [0.4, 0.5) is 5.69 Å². The number of rotatable bonds is 11.